The van der Waals surface area contributed by atoms with Crippen LogP contribution in [0.25, 0.3) is 0 Å². The van der Waals surface area contributed by atoms with Gasteiger partial charge in [0, 0.05) is 35.6 Å². The van der Waals surface area contributed by atoms with Crippen molar-refractivity contribution in [3.05, 3.63) is 82.9 Å². The first kappa shape index (κ1) is 14.5. The van der Waals surface area contributed by atoms with Crippen LogP contribution in [0.5, 0.6) is 0 Å². The van der Waals surface area contributed by atoms with Gasteiger partial charge in [0.2, 0.25) is 0 Å². The molecule has 118 valence electrons. The summed E-state index contributed by atoms with van der Waals surface area (Å²) in [4.78, 5) is 0. The Morgan fingerprint density at radius 2 is 0.958 bits per heavy atom. The van der Waals surface area contributed by atoms with Gasteiger partial charge in [0.05, 0.1) is 0 Å². The second-order valence-electron chi connectivity index (χ2n) is 6.41. The number of para-hydroxylation sites is 2. The molecule has 0 radical (unpaired) electrons. The fourth-order valence-corrected chi connectivity index (χ4v) is 4.93. The summed E-state index contributed by atoms with van der Waals surface area (Å²) in [5.74, 6) is 0. The number of hydrogen-bond acceptors (Lipinski definition) is 2. The maximum absolute atomic E-state index is 2.89. The molecule has 0 bridgehead atoms. The molecular weight excluding hydrogens is 330 g/mol. The van der Waals surface area contributed by atoms with Gasteiger partial charge in [-0.2, -0.15) is 0 Å². The molecule has 2 atom stereocenters. The van der Waals surface area contributed by atoms with Gasteiger partial charge >= 0.3 is 0 Å². The Kier molecular flexibility index (Phi) is 3.20. The minimum atomic E-state index is 1.00. The lowest BCUT2D eigenvalue weighted by atomic mass is 9.87. The third-order valence-corrected chi connectivity index (χ3v) is 6.25. The van der Waals surface area contributed by atoms with E-state index >= 15 is 0 Å². The van der Waals surface area contributed by atoms with E-state index in [2.05, 4.69) is 88.8 Å². The van der Waals surface area contributed by atoms with Crippen molar-refractivity contribution in [3.63, 3.8) is 0 Å². The van der Waals surface area contributed by atoms with E-state index in [-0.39, 0.29) is 0 Å². The van der Waals surface area contributed by atoms with Crippen molar-refractivity contribution < 1.29 is 0 Å². The molecule has 0 spiro atoms. The highest BCUT2D eigenvalue weighted by Gasteiger charge is 2.28. The largest absolute Gasteiger partial charge is 0.325 e. The van der Waals surface area contributed by atoms with Gasteiger partial charge in [-0.15, -0.1) is 0 Å². The van der Waals surface area contributed by atoms with Gasteiger partial charge in [0.25, 0.3) is 0 Å². The van der Waals surface area contributed by atoms with Gasteiger partial charge in [-0.05, 0) is 65.3 Å². The minimum absolute atomic E-state index is 1.00. The Morgan fingerprint density at radius 1 is 0.542 bits per heavy atom. The lowest BCUT2D eigenvalue weighted by Gasteiger charge is -2.36. The zero-order valence-electron chi connectivity index (χ0n) is 13.2. The number of benzene rings is 3. The molecule has 0 saturated carbocycles. The van der Waals surface area contributed by atoms with Crippen LogP contribution in [0.15, 0.2) is 60.7 Å². The predicted molar refractivity (Wildman–Crippen MR) is 109 cm³/mol. The van der Waals surface area contributed by atoms with Crippen LogP contribution >= 0.6 is 18.8 Å². The van der Waals surface area contributed by atoms with E-state index in [0.717, 1.165) is 12.8 Å². The van der Waals surface area contributed by atoms with Crippen LogP contribution in [0.1, 0.15) is 22.3 Å². The van der Waals surface area contributed by atoms with Gasteiger partial charge in [-0.1, -0.05) is 36.4 Å². The van der Waals surface area contributed by atoms with Crippen LogP contribution in [-0.2, 0) is 12.8 Å². The van der Waals surface area contributed by atoms with Gasteiger partial charge in [0.15, 0.2) is 0 Å². The second kappa shape index (κ2) is 5.31. The Hall–Kier alpha value is -1.88. The Morgan fingerprint density at radius 3 is 1.42 bits per heavy atom. The second-order valence-corrected chi connectivity index (χ2v) is 7.44. The van der Waals surface area contributed by atoms with E-state index in [1.807, 2.05) is 0 Å². The van der Waals surface area contributed by atoms with Crippen LogP contribution in [0.4, 0.5) is 22.7 Å². The molecule has 2 unspecified atom stereocenters. The highest BCUT2D eigenvalue weighted by atomic mass is 31.0. The highest BCUT2D eigenvalue weighted by Crippen LogP contribution is 2.49. The first-order valence-electron chi connectivity index (χ1n) is 8.14. The van der Waals surface area contributed by atoms with Crippen molar-refractivity contribution >= 4 is 41.5 Å². The van der Waals surface area contributed by atoms with E-state index in [0.29, 0.717) is 0 Å². The predicted octanol–water partition coefficient (Wildman–Crippen LogP) is 5.35. The third-order valence-electron chi connectivity index (χ3n) is 5.14. The molecule has 0 aromatic heterocycles. The summed E-state index contributed by atoms with van der Waals surface area (Å²) in [6.45, 7) is 0. The molecular formula is C20H18N2P2. The summed E-state index contributed by atoms with van der Waals surface area (Å²) in [7, 11) is 5.78. The molecule has 2 nitrogen and oxygen atoms in total. The van der Waals surface area contributed by atoms with Crippen molar-refractivity contribution in [2.24, 2.45) is 0 Å². The van der Waals surface area contributed by atoms with Crippen LogP contribution in [0, 0.1) is 0 Å². The summed E-state index contributed by atoms with van der Waals surface area (Å²) in [5.41, 5.74) is 10.9. The maximum atomic E-state index is 2.89. The molecule has 4 heteroatoms. The molecule has 0 aliphatic carbocycles. The van der Waals surface area contributed by atoms with E-state index < -0.39 is 0 Å². The lowest BCUT2D eigenvalue weighted by Crippen LogP contribution is -2.19. The Balaban J connectivity index is 1.71. The molecule has 0 fully saturated rings. The average Bonchev–Trinajstić information content (AvgIpc) is 2.62. The molecule has 24 heavy (non-hydrogen) atoms. The maximum Gasteiger partial charge on any atom is 0.0481 e. The van der Waals surface area contributed by atoms with Crippen molar-refractivity contribution in [2.45, 2.75) is 12.8 Å². The summed E-state index contributed by atoms with van der Waals surface area (Å²) < 4.78 is 4.50. The normalized spacial score (nSPS) is 14.6. The third kappa shape index (κ3) is 1.97. The first-order valence-corrected chi connectivity index (χ1v) is 9.17. The molecule has 0 amide bonds. The fraction of sp³-hybridized carbons (Fsp3) is 0.100. The SMILES string of the molecule is PN1c2ccccc2Cc2c1ccc1c2Cc2ccccc2N1P. The summed E-state index contributed by atoms with van der Waals surface area (Å²) in [5, 5.41) is 0. The molecule has 3 aromatic carbocycles. The van der Waals surface area contributed by atoms with Crippen LogP contribution < -0.4 is 9.34 Å². The number of fused-ring (bicyclic) bond motifs is 5. The number of anilines is 4. The number of rotatable bonds is 0. The zero-order valence-corrected chi connectivity index (χ0v) is 15.5. The standard InChI is InChI=1S/C20H18N2P2/c23-21-17-7-3-1-5-13(17)11-15-16-12-14-6-2-4-8-18(14)22(24)20(16)10-9-19(15)21/h1-10H,11-12,23-24H2. The van der Waals surface area contributed by atoms with Crippen molar-refractivity contribution in [2.75, 3.05) is 9.34 Å². The first-order chi connectivity index (χ1) is 11.7. The van der Waals surface area contributed by atoms with Crippen LogP contribution in [0.2, 0.25) is 0 Å². The number of hydrogen-bond donors (Lipinski definition) is 0. The summed E-state index contributed by atoms with van der Waals surface area (Å²) in [6, 6.07) is 21.9. The van der Waals surface area contributed by atoms with Crippen molar-refractivity contribution in [3.8, 4) is 0 Å². The van der Waals surface area contributed by atoms with Gasteiger partial charge in [-0.25, -0.2) is 0 Å². The molecule has 2 aliphatic rings. The Labute approximate surface area is 147 Å². The fourth-order valence-electron chi connectivity index (χ4n) is 3.95. The zero-order chi connectivity index (χ0) is 16.3. The van der Waals surface area contributed by atoms with Gasteiger partial charge in [0.1, 0.15) is 0 Å². The number of nitrogens with zero attached hydrogens (tertiary/aromatic N) is 2. The monoisotopic (exact) mass is 348 g/mol. The van der Waals surface area contributed by atoms with Crippen LogP contribution in [0.3, 0.4) is 0 Å². The lowest BCUT2D eigenvalue weighted by molar-refractivity contribution is 1.04. The average molecular weight is 348 g/mol. The van der Waals surface area contributed by atoms with E-state index in [4.69, 9.17) is 0 Å². The summed E-state index contributed by atoms with van der Waals surface area (Å²) >= 11 is 0. The van der Waals surface area contributed by atoms with E-state index in [1.54, 1.807) is 0 Å². The van der Waals surface area contributed by atoms with E-state index in [9.17, 15) is 0 Å². The smallest absolute Gasteiger partial charge is 0.0481 e. The molecule has 5 rings (SSSR count). The minimum Gasteiger partial charge on any atom is -0.325 e. The molecule has 2 heterocycles. The quantitative estimate of drug-likeness (QED) is 0.505. The van der Waals surface area contributed by atoms with Crippen molar-refractivity contribution in [1.29, 1.82) is 0 Å². The van der Waals surface area contributed by atoms with Gasteiger partial charge in [-0.3, -0.25) is 0 Å². The molecule has 0 saturated heterocycles. The highest BCUT2D eigenvalue weighted by molar-refractivity contribution is 7.20. The van der Waals surface area contributed by atoms with Crippen LogP contribution in [-0.4, -0.2) is 0 Å². The topological polar surface area (TPSA) is 6.48 Å². The summed E-state index contributed by atoms with van der Waals surface area (Å²) in [6.07, 6.45) is 2.00. The molecule has 3 aromatic rings. The molecule has 2 aliphatic heterocycles. The van der Waals surface area contributed by atoms with Gasteiger partial charge < -0.3 is 9.34 Å². The van der Waals surface area contributed by atoms with E-state index in [1.165, 1.54) is 45.0 Å². The molecule has 0 N–H and O–H groups in total. The van der Waals surface area contributed by atoms with Crippen molar-refractivity contribution in [1.82, 2.24) is 0 Å². The Bertz CT molecular complexity index is 889.